The summed E-state index contributed by atoms with van der Waals surface area (Å²) >= 11 is 5.40. The van der Waals surface area contributed by atoms with Gasteiger partial charge < -0.3 is 17.3 Å². The fourth-order valence-corrected chi connectivity index (χ4v) is 0.615. The summed E-state index contributed by atoms with van der Waals surface area (Å²) in [6.07, 6.45) is 0. The van der Waals surface area contributed by atoms with Crippen LogP contribution in [-0.2, 0) is 0 Å². The van der Waals surface area contributed by atoms with Gasteiger partial charge in [-0.2, -0.15) is 4.98 Å². The van der Waals surface area contributed by atoms with Gasteiger partial charge in [-0.1, -0.05) is 0 Å². The number of nitrogens with zero attached hydrogens (tertiary/aromatic N) is 2. The molecule has 0 fully saturated rings. The monoisotopic (exact) mass is 147 g/mol. The predicted molar refractivity (Wildman–Crippen MR) is 36.2 cm³/mol. The van der Waals surface area contributed by atoms with Crippen molar-refractivity contribution in [2.45, 2.75) is 0 Å². The van der Waals surface area contributed by atoms with Crippen molar-refractivity contribution in [2.24, 2.45) is 0 Å². The molecule has 0 unspecified atom stereocenters. The third-order valence-electron chi connectivity index (χ3n) is 0.933. The zero-order chi connectivity index (χ0) is 7.02. The first-order valence-electron chi connectivity index (χ1n) is 2.17. The molecule has 0 saturated carbocycles. The number of halogens is 1. The molecule has 50 valence electrons. The molecule has 1 aromatic heterocycles. The van der Waals surface area contributed by atoms with Crippen molar-refractivity contribution in [1.82, 2.24) is 9.66 Å². The second-order valence-corrected chi connectivity index (χ2v) is 1.86. The number of rotatable bonds is 0. The van der Waals surface area contributed by atoms with Gasteiger partial charge in [-0.3, -0.25) is 0 Å². The SMILES string of the molecule is Nc1nc(Cl)n(N)c1N. The van der Waals surface area contributed by atoms with E-state index < -0.39 is 0 Å². The van der Waals surface area contributed by atoms with Gasteiger partial charge in [-0.05, 0) is 11.6 Å². The standard InChI is InChI=1S/C3H6ClN5/c4-3-8-1(5)2(6)9(3)7/h5-7H2. The molecule has 1 heterocycles. The number of hydrogen-bond acceptors (Lipinski definition) is 4. The normalized spacial score (nSPS) is 9.89. The first-order valence-corrected chi connectivity index (χ1v) is 2.55. The van der Waals surface area contributed by atoms with Crippen LogP contribution in [0, 0.1) is 0 Å². The molecule has 6 heteroatoms. The van der Waals surface area contributed by atoms with E-state index in [-0.39, 0.29) is 16.9 Å². The minimum absolute atomic E-state index is 0.0880. The molecule has 1 aromatic rings. The van der Waals surface area contributed by atoms with Crippen molar-refractivity contribution in [2.75, 3.05) is 17.3 Å². The Morgan fingerprint density at radius 3 is 2.11 bits per heavy atom. The molecule has 0 spiro atoms. The van der Waals surface area contributed by atoms with E-state index in [0.717, 1.165) is 4.68 Å². The fourth-order valence-electron chi connectivity index (χ4n) is 0.433. The minimum atomic E-state index is 0.0880. The van der Waals surface area contributed by atoms with Gasteiger partial charge in [0.25, 0.3) is 0 Å². The largest absolute Gasteiger partial charge is 0.381 e. The summed E-state index contributed by atoms with van der Waals surface area (Å²) in [6.45, 7) is 0. The summed E-state index contributed by atoms with van der Waals surface area (Å²) < 4.78 is 1.01. The maximum atomic E-state index is 5.40. The van der Waals surface area contributed by atoms with Crippen LogP contribution >= 0.6 is 11.6 Å². The van der Waals surface area contributed by atoms with Crippen LogP contribution in [0.15, 0.2) is 0 Å². The second-order valence-electron chi connectivity index (χ2n) is 1.52. The lowest BCUT2D eigenvalue weighted by molar-refractivity contribution is 1.01. The Hall–Kier alpha value is -1.10. The van der Waals surface area contributed by atoms with E-state index in [1.165, 1.54) is 0 Å². The van der Waals surface area contributed by atoms with Crippen LogP contribution in [0.2, 0.25) is 5.28 Å². The quantitative estimate of drug-likeness (QED) is 0.428. The smallest absolute Gasteiger partial charge is 0.225 e. The predicted octanol–water partition coefficient (Wildman–Crippen LogP) is -0.585. The molecule has 0 saturated heterocycles. The highest BCUT2D eigenvalue weighted by molar-refractivity contribution is 6.29. The highest BCUT2D eigenvalue weighted by atomic mass is 35.5. The molecular weight excluding hydrogens is 142 g/mol. The van der Waals surface area contributed by atoms with Gasteiger partial charge in [0.2, 0.25) is 5.28 Å². The van der Waals surface area contributed by atoms with Gasteiger partial charge in [0.1, 0.15) is 0 Å². The maximum Gasteiger partial charge on any atom is 0.225 e. The molecule has 6 N–H and O–H groups in total. The molecule has 0 aromatic carbocycles. The molecule has 9 heavy (non-hydrogen) atoms. The Morgan fingerprint density at radius 2 is 2.00 bits per heavy atom. The Kier molecular flexibility index (Phi) is 1.14. The third kappa shape index (κ3) is 0.746. The van der Waals surface area contributed by atoms with Gasteiger partial charge in [-0.15, -0.1) is 0 Å². The summed E-state index contributed by atoms with van der Waals surface area (Å²) in [5.74, 6) is 5.56. The second kappa shape index (κ2) is 1.70. The number of nitrogens with two attached hydrogens (primary N) is 3. The Labute approximate surface area is 56.4 Å². The zero-order valence-corrected chi connectivity index (χ0v) is 5.26. The van der Waals surface area contributed by atoms with Gasteiger partial charge in [-0.25, -0.2) is 4.68 Å². The van der Waals surface area contributed by atoms with Crippen molar-refractivity contribution >= 4 is 23.2 Å². The first-order chi connectivity index (χ1) is 4.13. The lowest BCUT2D eigenvalue weighted by atomic mass is 10.7. The van der Waals surface area contributed by atoms with E-state index in [4.69, 9.17) is 28.9 Å². The van der Waals surface area contributed by atoms with Crippen LogP contribution in [0.5, 0.6) is 0 Å². The van der Waals surface area contributed by atoms with Crippen molar-refractivity contribution in [1.29, 1.82) is 0 Å². The van der Waals surface area contributed by atoms with Crippen LogP contribution in [0.4, 0.5) is 11.6 Å². The van der Waals surface area contributed by atoms with Gasteiger partial charge in [0.15, 0.2) is 11.6 Å². The molecule has 1 rings (SSSR count). The topological polar surface area (TPSA) is 95.9 Å². The molecule has 0 aliphatic heterocycles. The molecule has 0 aliphatic rings. The summed E-state index contributed by atoms with van der Waals surface area (Å²) in [6, 6.07) is 0. The van der Waals surface area contributed by atoms with E-state index in [1.54, 1.807) is 0 Å². The van der Waals surface area contributed by atoms with Crippen molar-refractivity contribution in [3.8, 4) is 0 Å². The molecular formula is C3H6ClN5. The van der Waals surface area contributed by atoms with E-state index in [9.17, 15) is 0 Å². The molecule has 0 bridgehead atoms. The number of aromatic nitrogens is 2. The fraction of sp³-hybridized carbons (Fsp3) is 0. The molecule has 0 radical (unpaired) electrons. The molecule has 0 aliphatic carbocycles. The number of hydrogen-bond donors (Lipinski definition) is 3. The van der Waals surface area contributed by atoms with Crippen molar-refractivity contribution < 1.29 is 0 Å². The van der Waals surface area contributed by atoms with Crippen LogP contribution in [0.25, 0.3) is 0 Å². The van der Waals surface area contributed by atoms with E-state index in [0.29, 0.717) is 0 Å². The van der Waals surface area contributed by atoms with Gasteiger partial charge in [0.05, 0.1) is 0 Å². The minimum Gasteiger partial charge on any atom is -0.381 e. The van der Waals surface area contributed by atoms with Crippen LogP contribution < -0.4 is 17.3 Å². The summed E-state index contributed by atoms with van der Waals surface area (Å²) in [5, 5.41) is 0.0880. The average Bonchev–Trinajstić information content (AvgIpc) is 1.98. The molecule has 0 amide bonds. The first kappa shape index (κ1) is 6.03. The average molecular weight is 148 g/mol. The van der Waals surface area contributed by atoms with Gasteiger partial charge in [0, 0.05) is 0 Å². The zero-order valence-electron chi connectivity index (χ0n) is 4.50. The summed E-state index contributed by atoms with van der Waals surface area (Å²) in [5.41, 5.74) is 10.5. The highest BCUT2D eigenvalue weighted by Gasteiger charge is 2.05. The lowest BCUT2D eigenvalue weighted by Crippen LogP contribution is -2.11. The molecule has 5 nitrogen and oxygen atoms in total. The van der Waals surface area contributed by atoms with E-state index in [2.05, 4.69) is 4.98 Å². The van der Waals surface area contributed by atoms with E-state index in [1.807, 2.05) is 0 Å². The van der Waals surface area contributed by atoms with Crippen molar-refractivity contribution in [3.05, 3.63) is 5.28 Å². The number of anilines is 2. The van der Waals surface area contributed by atoms with E-state index >= 15 is 0 Å². The maximum absolute atomic E-state index is 5.40. The van der Waals surface area contributed by atoms with Crippen LogP contribution in [0.3, 0.4) is 0 Å². The number of imidazole rings is 1. The summed E-state index contributed by atoms with van der Waals surface area (Å²) in [4.78, 5) is 3.57. The van der Waals surface area contributed by atoms with Gasteiger partial charge >= 0.3 is 0 Å². The Bertz CT molecular complexity index is 206. The number of nitrogen functional groups attached to an aromatic ring is 3. The lowest BCUT2D eigenvalue weighted by Gasteiger charge is -1.93. The summed E-state index contributed by atoms with van der Waals surface area (Å²) in [7, 11) is 0. The third-order valence-corrected chi connectivity index (χ3v) is 1.20. The Balaban J connectivity index is 3.29. The van der Waals surface area contributed by atoms with Crippen LogP contribution in [0.1, 0.15) is 0 Å². The molecule has 0 atom stereocenters. The highest BCUT2D eigenvalue weighted by Crippen LogP contribution is 2.15. The van der Waals surface area contributed by atoms with Crippen molar-refractivity contribution in [3.63, 3.8) is 0 Å². The Morgan fingerprint density at radius 1 is 1.44 bits per heavy atom. The van der Waals surface area contributed by atoms with Crippen LogP contribution in [-0.4, -0.2) is 9.66 Å².